The number of rotatable bonds is 3. The third-order valence-electron chi connectivity index (χ3n) is 4.85. The van der Waals surface area contributed by atoms with Crippen LogP contribution in [0, 0.1) is 0 Å². The quantitative estimate of drug-likeness (QED) is 0.709. The summed E-state index contributed by atoms with van der Waals surface area (Å²) in [7, 11) is 0. The Labute approximate surface area is 163 Å². The molecule has 0 atom stereocenters. The van der Waals surface area contributed by atoms with Crippen molar-refractivity contribution in [3.63, 3.8) is 0 Å². The minimum atomic E-state index is -0.147. The van der Waals surface area contributed by atoms with Crippen molar-refractivity contribution in [2.45, 2.75) is 0 Å². The summed E-state index contributed by atoms with van der Waals surface area (Å²) in [6.45, 7) is 1.97. The number of benzene rings is 2. The van der Waals surface area contributed by atoms with E-state index in [-0.39, 0.29) is 11.8 Å². The van der Waals surface area contributed by atoms with Crippen LogP contribution < -0.4 is 0 Å². The number of aromatic nitrogens is 2. The summed E-state index contributed by atoms with van der Waals surface area (Å²) in [6.07, 6.45) is 4.51. The second-order valence-electron chi connectivity index (χ2n) is 6.62. The van der Waals surface area contributed by atoms with Crippen LogP contribution in [0.15, 0.2) is 73.2 Å². The first kappa shape index (κ1) is 17.9. The van der Waals surface area contributed by atoms with Gasteiger partial charge >= 0.3 is 0 Å². The van der Waals surface area contributed by atoms with Crippen molar-refractivity contribution < 1.29 is 9.59 Å². The monoisotopic (exact) mass is 372 g/mol. The number of carbonyl (C=O) groups excluding carboxylic acids is 2. The van der Waals surface area contributed by atoms with Gasteiger partial charge in [0, 0.05) is 44.1 Å². The lowest BCUT2D eigenvalue weighted by Crippen LogP contribution is -2.50. The van der Waals surface area contributed by atoms with Crippen molar-refractivity contribution in [2.24, 2.45) is 0 Å². The molecule has 0 saturated carbocycles. The molecular weight excluding hydrogens is 352 g/mol. The molecule has 2 heterocycles. The molecule has 2 amide bonds. The van der Waals surface area contributed by atoms with E-state index in [1.165, 1.54) is 18.6 Å². The molecule has 28 heavy (non-hydrogen) atoms. The summed E-state index contributed by atoms with van der Waals surface area (Å²) in [5.74, 6) is -0.157. The Kier molecular flexibility index (Phi) is 5.10. The average molecular weight is 372 g/mol. The molecule has 0 radical (unpaired) electrons. The second-order valence-corrected chi connectivity index (χ2v) is 6.62. The van der Waals surface area contributed by atoms with Gasteiger partial charge in [0.2, 0.25) is 0 Å². The van der Waals surface area contributed by atoms with Crippen LogP contribution in [-0.2, 0) is 0 Å². The van der Waals surface area contributed by atoms with Crippen molar-refractivity contribution in [3.8, 4) is 11.1 Å². The highest BCUT2D eigenvalue weighted by Crippen LogP contribution is 2.21. The van der Waals surface area contributed by atoms with E-state index in [4.69, 9.17) is 0 Å². The minimum Gasteiger partial charge on any atom is -0.335 e. The number of hydrogen-bond donors (Lipinski definition) is 0. The Morgan fingerprint density at radius 1 is 0.750 bits per heavy atom. The summed E-state index contributed by atoms with van der Waals surface area (Å²) in [5.41, 5.74) is 3.09. The Morgan fingerprint density at radius 2 is 1.43 bits per heavy atom. The Bertz CT molecular complexity index is 968. The fourth-order valence-corrected chi connectivity index (χ4v) is 3.33. The van der Waals surface area contributed by atoms with Crippen LogP contribution in [0.1, 0.15) is 20.8 Å². The molecule has 1 fully saturated rings. The van der Waals surface area contributed by atoms with E-state index >= 15 is 0 Å². The lowest BCUT2D eigenvalue weighted by atomic mass is 10.0. The van der Waals surface area contributed by atoms with E-state index < -0.39 is 0 Å². The number of piperazine rings is 1. The highest BCUT2D eigenvalue weighted by atomic mass is 16.2. The summed E-state index contributed by atoms with van der Waals surface area (Å²) in [6, 6.07) is 17.7. The number of amides is 2. The number of nitrogens with zero attached hydrogens (tertiary/aromatic N) is 4. The van der Waals surface area contributed by atoms with Gasteiger partial charge in [-0.2, -0.15) is 0 Å². The highest BCUT2D eigenvalue weighted by molar-refractivity contribution is 5.96. The number of carbonyl (C=O) groups is 2. The predicted octanol–water partition coefficient (Wildman–Crippen LogP) is 2.74. The zero-order valence-corrected chi connectivity index (χ0v) is 15.4. The van der Waals surface area contributed by atoms with Gasteiger partial charge in [-0.15, -0.1) is 0 Å². The van der Waals surface area contributed by atoms with Gasteiger partial charge in [0.1, 0.15) is 5.69 Å². The molecule has 0 spiro atoms. The van der Waals surface area contributed by atoms with Crippen LogP contribution >= 0.6 is 0 Å². The second kappa shape index (κ2) is 8.00. The summed E-state index contributed by atoms with van der Waals surface area (Å²) in [4.78, 5) is 36.9. The zero-order chi connectivity index (χ0) is 19.3. The van der Waals surface area contributed by atoms with Gasteiger partial charge in [0.05, 0.1) is 6.20 Å². The first-order valence-corrected chi connectivity index (χ1v) is 9.22. The molecule has 0 bridgehead atoms. The van der Waals surface area contributed by atoms with Crippen LogP contribution in [0.4, 0.5) is 0 Å². The molecule has 6 heteroatoms. The lowest BCUT2D eigenvalue weighted by Gasteiger charge is -2.34. The first-order chi connectivity index (χ1) is 13.7. The largest absolute Gasteiger partial charge is 0.335 e. The molecule has 1 aliphatic heterocycles. The van der Waals surface area contributed by atoms with E-state index in [2.05, 4.69) is 9.97 Å². The zero-order valence-electron chi connectivity index (χ0n) is 15.4. The van der Waals surface area contributed by atoms with Crippen LogP contribution in [-0.4, -0.2) is 57.8 Å². The molecule has 1 saturated heterocycles. The molecule has 1 aromatic heterocycles. The molecule has 4 rings (SSSR count). The van der Waals surface area contributed by atoms with Gasteiger partial charge in [-0.1, -0.05) is 42.5 Å². The van der Waals surface area contributed by atoms with Crippen molar-refractivity contribution >= 4 is 11.8 Å². The van der Waals surface area contributed by atoms with Crippen molar-refractivity contribution in [1.29, 1.82) is 0 Å². The molecule has 140 valence electrons. The van der Waals surface area contributed by atoms with Gasteiger partial charge in [-0.25, -0.2) is 4.98 Å². The van der Waals surface area contributed by atoms with Crippen molar-refractivity contribution in [3.05, 3.63) is 84.4 Å². The molecule has 6 nitrogen and oxygen atoms in total. The van der Waals surface area contributed by atoms with E-state index in [1.807, 2.05) is 54.6 Å². The SMILES string of the molecule is O=C(c1cccc(-c2ccccc2)c1)N1CCN(C(=O)c2cnccn2)CC1. The van der Waals surface area contributed by atoms with Gasteiger partial charge < -0.3 is 9.80 Å². The Balaban J connectivity index is 1.43. The fraction of sp³-hybridized carbons (Fsp3) is 0.182. The maximum atomic E-state index is 12.9. The summed E-state index contributed by atoms with van der Waals surface area (Å²) >= 11 is 0. The molecule has 0 unspecified atom stereocenters. The van der Waals surface area contributed by atoms with Crippen LogP contribution in [0.2, 0.25) is 0 Å². The molecule has 2 aromatic carbocycles. The van der Waals surface area contributed by atoms with E-state index in [0.717, 1.165) is 11.1 Å². The fourth-order valence-electron chi connectivity index (χ4n) is 3.33. The third kappa shape index (κ3) is 3.76. The third-order valence-corrected chi connectivity index (χ3v) is 4.85. The lowest BCUT2D eigenvalue weighted by molar-refractivity contribution is 0.0532. The van der Waals surface area contributed by atoms with E-state index in [9.17, 15) is 9.59 Å². The topological polar surface area (TPSA) is 66.4 Å². The minimum absolute atomic E-state index is 0.00983. The van der Waals surface area contributed by atoms with E-state index in [1.54, 1.807) is 9.80 Å². The van der Waals surface area contributed by atoms with Gasteiger partial charge in [0.25, 0.3) is 11.8 Å². The molecule has 3 aromatic rings. The summed E-state index contributed by atoms with van der Waals surface area (Å²) in [5, 5.41) is 0. The van der Waals surface area contributed by atoms with E-state index in [0.29, 0.717) is 37.4 Å². The standard InChI is InChI=1S/C22H20N4O2/c27-21(19-8-4-7-18(15-19)17-5-2-1-3-6-17)25-11-13-26(14-12-25)22(28)20-16-23-9-10-24-20/h1-10,15-16H,11-14H2. The number of hydrogen-bond acceptors (Lipinski definition) is 4. The Morgan fingerprint density at radius 3 is 2.11 bits per heavy atom. The molecule has 0 N–H and O–H groups in total. The van der Waals surface area contributed by atoms with Gasteiger partial charge in [-0.3, -0.25) is 14.6 Å². The van der Waals surface area contributed by atoms with Crippen molar-refractivity contribution in [1.82, 2.24) is 19.8 Å². The van der Waals surface area contributed by atoms with Crippen LogP contribution in [0.5, 0.6) is 0 Å². The highest BCUT2D eigenvalue weighted by Gasteiger charge is 2.26. The van der Waals surface area contributed by atoms with Crippen LogP contribution in [0.3, 0.4) is 0 Å². The smallest absolute Gasteiger partial charge is 0.274 e. The molecule has 1 aliphatic rings. The van der Waals surface area contributed by atoms with Crippen LogP contribution in [0.25, 0.3) is 11.1 Å². The van der Waals surface area contributed by atoms with Gasteiger partial charge in [-0.05, 0) is 23.3 Å². The Hall–Kier alpha value is -3.54. The van der Waals surface area contributed by atoms with Crippen molar-refractivity contribution in [2.75, 3.05) is 26.2 Å². The maximum absolute atomic E-state index is 12.9. The predicted molar refractivity (Wildman–Crippen MR) is 106 cm³/mol. The molecular formula is C22H20N4O2. The van der Waals surface area contributed by atoms with Gasteiger partial charge in [0.15, 0.2) is 0 Å². The summed E-state index contributed by atoms with van der Waals surface area (Å²) < 4.78 is 0. The first-order valence-electron chi connectivity index (χ1n) is 9.22. The average Bonchev–Trinajstić information content (AvgIpc) is 2.79. The normalized spacial score (nSPS) is 14.0. The molecule has 0 aliphatic carbocycles. The maximum Gasteiger partial charge on any atom is 0.274 e.